The Morgan fingerprint density at radius 3 is 3.06 bits per heavy atom. The Morgan fingerprint density at radius 1 is 1.50 bits per heavy atom. The van der Waals surface area contributed by atoms with Crippen molar-refractivity contribution in [1.82, 2.24) is 9.55 Å². The fourth-order valence-corrected chi connectivity index (χ4v) is 1.95. The lowest BCUT2D eigenvalue weighted by atomic mass is 10.3. The molecule has 0 aliphatic heterocycles. The third kappa shape index (κ3) is 2.15. The number of benzene rings is 1. The fraction of sp³-hybridized carbons (Fsp3) is 0.364. The number of rotatable bonds is 4. The first-order valence-electron chi connectivity index (χ1n) is 5.18. The first-order valence-corrected chi connectivity index (χ1v) is 5.59. The minimum Gasteiger partial charge on any atom is -0.380 e. The highest BCUT2D eigenvalue weighted by Crippen LogP contribution is 2.15. The number of nitrogens with zero attached hydrogens (tertiary/aromatic N) is 1. The van der Waals surface area contributed by atoms with Crippen LogP contribution in [0.3, 0.4) is 0 Å². The van der Waals surface area contributed by atoms with Gasteiger partial charge in [0.2, 0.25) is 0 Å². The van der Waals surface area contributed by atoms with Crippen molar-refractivity contribution in [3.63, 3.8) is 0 Å². The summed E-state index contributed by atoms with van der Waals surface area (Å²) in [4.78, 5) is 3.04. The van der Waals surface area contributed by atoms with E-state index in [1.807, 2.05) is 11.5 Å². The van der Waals surface area contributed by atoms with Crippen molar-refractivity contribution in [2.45, 2.75) is 13.5 Å². The van der Waals surface area contributed by atoms with E-state index in [-0.39, 0.29) is 5.82 Å². The summed E-state index contributed by atoms with van der Waals surface area (Å²) in [6.07, 6.45) is 0. The van der Waals surface area contributed by atoms with Crippen LogP contribution in [0.1, 0.15) is 6.92 Å². The summed E-state index contributed by atoms with van der Waals surface area (Å²) >= 11 is 5.18. The average molecular weight is 240 g/mol. The summed E-state index contributed by atoms with van der Waals surface area (Å²) in [6, 6.07) is 4.59. The average Bonchev–Trinajstić information content (AvgIpc) is 2.56. The molecule has 2 aromatic rings. The highest BCUT2D eigenvalue weighted by Gasteiger charge is 2.04. The normalized spacial score (nSPS) is 11.1. The molecule has 0 aliphatic rings. The second kappa shape index (κ2) is 4.76. The number of halogens is 1. The number of aromatic nitrogens is 2. The fourth-order valence-electron chi connectivity index (χ4n) is 1.65. The van der Waals surface area contributed by atoms with Gasteiger partial charge in [-0.1, -0.05) is 0 Å². The highest BCUT2D eigenvalue weighted by atomic mass is 32.1. The van der Waals surface area contributed by atoms with Crippen molar-refractivity contribution in [1.29, 1.82) is 0 Å². The van der Waals surface area contributed by atoms with Crippen LogP contribution in [-0.2, 0) is 11.3 Å². The molecule has 1 aromatic carbocycles. The molecular formula is C11H13FN2OS. The van der Waals surface area contributed by atoms with Crippen molar-refractivity contribution in [2.24, 2.45) is 0 Å². The zero-order valence-electron chi connectivity index (χ0n) is 9.00. The monoisotopic (exact) mass is 240 g/mol. The van der Waals surface area contributed by atoms with E-state index >= 15 is 0 Å². The summed E-state index contributed by atoms with van der Waals surface area (Å²) in [5.41, 5.74) is 1.63. The lowest BCUT2D eigenvalue weighted by molar-refractivity contribution is 0.139. The Hall–Kier alpha value is -1.20. The first-order chi connectivity index (χ1) is 7.72. The largest absolute Gasteiger partial charge is 0.380 e. The minimum absolute atomic E-state index is 0.258. The summed E-state index contributed by atoms with van der Waals surface area (Å²) in [5, 5.41) is 0. The topological polar surface area (TPSA) is 29.9 Å². The molecule has 0 amide bonds. The standard InChI is InChI=1S/C11H13FN2OS/c1-2-15-6-5-14-10-7-8(12)3-4-9(10)13-11(14)16/h3-4,7H,2,5-6H2,1H3,(H,13,16). The maximum Gasteiger partial charge on any atom is 0.178 e. The number of imidazole rings is 1. The predicted molar refractivity (Wildman–Crippen MR) is 63.6 cm³/mol. The molecule has 2 rings (SSSR count). The van der Waals surface area contributed by atoms with Gasteiger partial charge in [0, 0.05) is 13.2 Å². The second-order valence-corrected chi connectivity index (χ2v) is 3.83. The molecular weight excluding hydrogens is 227 g/mol. The van der Waals surface area contributed by atoms with Gasteiger partial charge < -0.3 is 14.3 Å². The molecule has 1 N–H and O–H groups in total. The van der Waals surface area contributed by atoms with E-state index in [9.17, 15) is 4.39 Å². The summed E-state index contributed by atoms with van der Waals surface area (Å²) < 4.78 is 20.8. The van der Waals surface area contributed by atoms with E-state index in [0.29, 0.717) is 24.5 Å². The van der Waals surface area contributed by atoms with Crippen LogP contribution in [0.4, 0.5) is 4.39 Å². The van der Waals surface area contributed by atoms with Gasteiger partial charge in [0.05, 0.1) is 17.6 Å². The van der Waals surface area contributed by atoms with Crippen LogP contribution >= 0.6 is 12.2 Å². The van der Waals surface area contributed by atoms with E-state index < -0.39 is 0 Å². The number of H-pyrrole nitrogens is 1. The second-order valence-electron chi connectivity index (χ2n) is 3.44. The number of hydrogen-bond donors (Lipinski definition) is 1. The van der Waals surface area contributed by atoms with Crippen molar-refractivity contribution < 1.29 is 9.13 Å². The van der Waals surface area contributed by atoms with Crippen LogP contribution < -0.4 is 0 Å². The molecule has 1 heterocycles. The third-order valence-corrected chi connectivity index (χ3v) is 2.72. The van der Waals surface area contributed by atoms with Crippen molar-refractivity contribution >= 4 is 23.3 Å². The van der Waals surface area contributed by atoms with Crippen molar-refractivity contribution in [3.05, 3.63) is 28.8 Å². The number of fused-ring (bicyclic) bond motifs is 1. The smallest absolute Gasteiger partial charge is 0.178 e. The van der Waals surface area contributed by atoms with Crippen LogP contribution in [0.5, 0.6) is 0 Å². The van der Waals surface area contributed by atoms with Crippen LogP contribution in [0.25, 0.3) is 11.0 Å². The quantitative estimate of drug-likeness (QED) is 0.658. The minimum atomic E-state index is -0.258. The number of nitrogens with one attached hydrogen (secondary N) is 1. The van der Waals surface area contributed by atoms with Gasteiger partial charge in [0.1, 0.15) is 5.82 Å². The van der Waals surface area contributed by atoms with Gasteiger partial charge in [0.25, 0.3) is 0 Å². The molecule has 0 spiro atoms. The Balaban J connectivity index is 2.38. The van der Waals surface area contributed by atoms with E-state index in [1.54, 1.807) is 6.07 Å². The van der Waals surface area contributed by atoms with E-state index in [2.05, 4.69) is 4.98 Å². The first kappa shape index (κ1) is 11.3. The van der Waals surface area contributed by atoms with Gasteiger partial charge >= 0.3 is 0 Å². The number of aromatic amines is 1. The van der Waals surface area contributed by atoms with Gasteiger partial charge in [0.15, 0.2) is 4.77 Å². The molecule has 0 unspecified atom stereocenters. The molecule has 0 radical (unpaired) electrons. The Labute approximate surface area is 97.8 Å². The Morgan fingerprint density at radius 2 is 2.31 bits per heavy atom. The van der Waals surface area contributed by atoms with Gasteiger partial charge in [-0.25, -0.2) is 4.39 Å². The summed E-state index contributed by atoms with van der Waals surface area (Å²) in [6.45, 7) is 3.82. The van der Waals surface area contributed by atoms with E-state index in [4.69, 9.17) is 17.0 Å². The molecule has 0 atom stereocenters. The van der Waals surface area contributed by atoms with Gasteiger partial charge in [-0.3, -0.25) is 0 Å². The SMILES string of the molecule is CCOCCn1c(=S)[nH]c2ccc(F)cc21. The van der Waals surface area contributed by atoms with Crippen molar-refractivity contribution in [2.75, 3.05) is 13.2 Å². The molecule has 3 nitrogen and oxygen atoms in total. The van der Waals surface area contributed by atoms with Crippen LogP contribution in [0.15, 0.2) is 18.2 Å². The zero-order valence-corrected chi connectivity index (χ0v) is 9.81. The number of ether oxygens (including phenoxy) is 1. The lowest BCUT2D eigenvalue weighted by Crippen LogP contribution is -2.05. The molecule has 0 saturated carbocycles. The zero-order chi connectivity index (χ0) is 11.5. The molecule has 5 heteroatoms. The van der Waals surface area contributed by atoms with E-state index in [0.717, 1.165) is 11.0 Å². The lowest BCUT2D eigenvalue weighted by Gasteiger charge is -2.04. The van der Waals surface area contributed by atoms with E-state index in [1.165, 1.54) is 12.1 Å². The van der Waals surface area contributed by atoms with Gasteiger partial charge in [-0.15, -0.1) is 0 Å². The van der Waals surface area contributed by atoms with Crippen molar-refractivity contribution in [3.8, 4) is 0 Å². The third-order valence-electron chi connectivity index (χ3n) is 2.40. The van der Waals surface area contributed by atoms with Crippen LogP contribution in [0, 0.1) is 10.6 Å². The highest BCUT2D eigenvalue weighted by molar-refractivity contribution is 7.71. The number of hydrogen-bond acceptors (Lipinski definition) is 2. The Kier molecular flexibility index (Phi) is 3.36. The molecule has 0 saturated heterocycles. The van der Waals surface area contributed by atoms with Gasteiger partial charge in [-0.05, 0) is 37.3 Å². The molecule has 86 valence electrons. The molecule has 0 bridgehead atoms. The molecule has 0 aliphatic carbocycles. The predicted octanol–water partition coefficient (Wildman–Crippen LogP) is 2.87. The maximum atomic E-state index is 13.1. The van der Waals surface area contributed by atoms with Gasteiger partial charge in [-0.2, -0.15) is 0 Å². The summed E-state index contributed by atoms with van der Waals surface area (Å²) in [5.74, 6) is -0.258. The maximum absolute atomic E-state index is 13.1. The Bertz CT molecular complexity index is 546. The van der Waals surface area contributed by atoms with Crippen LogP contribution in [-0.4, -0.2) is 22.8 Å². The molecule has 16 heavy (non-hydrogen) atoms. The van der Waals surface area contributed by atoms with Crippen LogP contribution in [0.2, 0.25) is 0 Å². The summed E-state index contributed by atoms with van der Waals surface area (Å²) in [7, 11) is 0. The molecule has 1 aromatic heterocycles. The molecule has 0 fully saturated rings.